The molecule has 0 bridgehead atoms. The summed E-state index contributed by atoms with van der Waals surface area (Å²) in [7, 11) is 0. The average Bonchev–Trinajstić information content (AvgIpc) is 3.10. The van der Waals surface area contributed by atoms with Crippen molar-refractivity contribution in [3.8, 4) is 23.0 Å². The Morgan fingerprint density at radius 1 is 0.853 bits per heavy atom. The van der Waals surface area contributed by atoms with Gasteiger partial charge in [0.05, 0.1) is 33.0 Å². The summed E-state index contributed by atoms with van der Waals surface area (Å²) in [6.45, 7) is 0. The molecule has 13 heteroatoms. The number of ether oxygens (including phenoxy) is 2. The van der Waals surface area contributed by atoms with Crippen LogP contribution in [-0.2, 0) is 10.3 Å². The van der Waals surface area contributed by atoms with Gasteiger partial charge < -0.3 is 30.5 Å². The maximum absolute atomic E-state index is 13.1. The van der Waals surface area contributed by atoms with Crippen LogP contribution in [0.1, 0.15) is 37.4 Å². The molecule has 2 aliphatic rings. The minimum Gasteiger partial charge on any atom is -0.505 e. The molecular formula is C21H8Cl5NO7. The number of phenolic OH excluding ortho intramolecular Hbond substituents is 2. The van der Waals surface area contributed by atoms with Crippen LogP contribution in [0.3, 0.4) is 0 Å². The van der Waals surface area contributed by atoms with Gasteiger partial charge in [0.2, 0.25) is 5.60 Å². The fourth-order valence-electron chi connectivity index (χ4n) is 4.26. The lowest BCUT2D eigenvalue weighted by Crippen LogP contribution is -2.36. The van der Waals surface area contributed by atoms with Gasteiger partial charge in [-0.25, -0.2) is 9.59 Å². The van der Waals surface area contributed by atoms with Gasteiger partial charge in [-0.3, -0.25) is 0 Å². The maximum atomic E-state index is 13.1. The van der Waals surface area contributed by atoms with Crippen molar-refractivity contribution < 1.29 is 34.4 Å². The third kappa shape index (κ3) is 2.63. The first-order valence-corrected chi connectivity index (χ1v) is 11.0. The summed E-state index contributed by atoms with van der Waals surface area (Å²) < 4.78 is 11.6. The van der Waals surface area contributed by atoms with Gasteiger partial charge in [-0.1, -0.05) is 64.1 Å². The van der Waals surface area contributed by atoms with Crippen LogP contribution >= 0.6 is 58.0 Å². The van der Waals surface area contributed by atoms with Gasteiger partial charge in [0.1, 0.15) is 20.1 Å². The quantitative estimate of drug-likeness (QED) is 0.156. The van der Waals surface area contributed by atoms with E-state index in [0.29, 0.717) is 0 Å². The Labute approximate surface area is 214 Å². The Kier molecular flexibility index (Phi) is 4.99. The van der Waals surface area contributed by atoms with E-state index < -0.39 is 49.1 Å². The highest BCUT2D eigenvalue weighted by Crippen LogP contribution is 2.66. The second-order valence-corrected chi connectivity index (χ2v) is 9.18. The first-order valence-electron chi connectivity index (χ1n) is 9.12. The zero-order valence-corrected chi connectivity index (χ0v) is 20.0. The topological polar surface area (TPSA) is 139 Å². The highest BCUT2D eigenvalue weighted by Gasteiger charge is 2.59. The van der Waals surface area contributed by atoms with E-state index in [0.717, 1.165) is 0 Å². The standard InChI is InChI=1S/C21H8Cl5NO7/c22-9-7-17(12(25)15(28)10(9)23)33-18-8(14(27)11(24)16(29)13(18)26)21(7)6-4(19(30)31)2-1-3-5(6)20(32)34-21/h1-3,28-29H,27H2,(H,30,31). The molecular weight excluding hydrogens is 555 g/mol. The van der Waals surface area contributed by atoms with Crippen molar-refractivity contribution in [1.82, 2.24) is 0 Å². The molecule has 3 aromatic carbocycles. The van der Waals surface area contributed by atoms with E-state index in [1.165, 1.54) is 18.2 Å². The number of phenols is 2. The molecule has 2 aliphatic heterocycles. The number of aromatic carboxylic acids is 1. The second kappa shape index (κ2) is 7.37. The van der Waals surface area contributed by atoms with Crippen LogP contribution in [0.5, 0.6) is 23.0 Å². The van der Waals surface area contributed by atoms with Crippen LogP contribution in [0.4, 0.5) is 5.69 Å². The average molecular weight is 564 g/mol. The first-order chi connectivity index (χ1) is 15.9. The molecule has 0 fully saturated rings. The molecule has 0 saturated heterocycles. The number of carbonyl (C=O) groups is 2. The largest absolute Gasteiger partial charge is 0.505 e. The first kappa shape index (κ1) is 23.0. The molecule has 0 aromatic heterocycles. The Hall–Kier alpha value is -2.75. The molecule has 1 spiro atoms. The van der Waals surface area contributed by atoms with E-state index in [1.54, 1.807) is 0 Å². The maximum Gasteiger partial charge on any atom is 0.340 e. The number of rotatable bonds is 1. The van der Waals surface area contributed by atoms with Crippen molar-refractivity contribution in [3.63, 3.8) is 0 Å². The monoisotopic (exact) mass is 561 g/mol. The van der Waals surface area contributed by atoms with Gasteiger partial charge in [-0.15, -0.1) is 0 Å². The third-order valence-electron chi connectivity index (χ3n) is 5.62. The molecule has 34 heavy (non-hydrogen) atoms. The Balaban J connectivity index is 2.11. The molecule has 1 unspecified atom stereocenters. The number of carboxylic acid groups (broad SMARTS) is 1. The van der Waals surface area contributed by atoms with Crippen LogP contribution in [-0.4, -0.2) is 27.3 Å². The number of anilines is 1. The van der Waals surface area contributed by atoms with Crippen molar-refractivity contribution in [2.24, 2.45) is 0 Å². The number of nitrogens with two attached hydrogens (primary N) is 1. The summed E-state index contributed by atoms with van der Waals surface area (Å²) in [6.07, 6.45) is 0. The highest BCUT2D eigenvalue weighted by atomic mass is 35.5. The zero-order valence-electron chi connectivity index (χ0n) is 16.2. The number of benzene rings is 3. The molecule has 0 aliphatic carbocycles. The van der Waals surface area contributed by atoms with Crippen LogP contribution in [0, 0.1) is 0 Å². The number of esters is 1. The van der Waals surface area contributed by atoms with Crippen molar-refractivity contribution >= 4 is 75.6 Å². The number of aromatic hydroxyl groups is 2. The number of nitrogen functional groups attached to an aromatic ring is 1. The zero-order chi connectivity index (χ0) is 24.9. The molecule has 0 amide bonds. The van der Waals surface area contributed by atoms with Crippen LogP contribution < -0.4 is 10.5 Å². The Morgan fingerprint density at radius 3 is 2.06 bits per heavy atom. The van der Waals surface area contributed by atoms with E-state index >= 15 is 0 Å². The molecule has 0 saturated carbocycles. The molecule has 0 radical (unpaired) electrons. The summed E-state index contributed by atoms with van der Waals surface area (Å²) in [6, 6.07) is 3.92. The van der Waals surface area contributed by atoms with Crippen LogP contribution in [0.2, 0.25) is 25.1 Å². The van der Waals surface area contributed by atoms with E-state index in [4.69, 9.17) is 73.2 Å². The van der Waals surface area contributed by atoms with Gasteiger partial charge in [0, 0.05) is 5.56 Å². The van der Waals surface area contributed by atoms with Gasteiger partial charge in [0.15, 0.2) is 23.0 Å². The summed E-state index contributed by atoms with van der Waals surface area (Å²) in [5, 5.41) is 28.6. The van der Waals surface area contributed by atoms with E-state index in [2.05, 4.69) is 0 Å². The number of carboxylic acids is 1. The molecule has 174 valence electrons. The van der Waals surface area contributed by atoms with Crippen molar-refractivity contribution in [1.29, 1.82) is 0 Å². The highest BCUT2D eigenvalue weighted by molar-refractivity contribution is 6.46. The van der Waals surface area contributed by atoms with Crippen molar-refractivity contribution in [2.45, 2.75) is 5.60 Å². The normalized spacial score (nSPS) is 17.6. The Bertz CT molecular complexity index is 1430. The van der Waals surface area contributed by atoms with Gasteiger partial charge >= 0.3 is 11.9 Å². The summed E-state index contributed by atoms with van der Waals surface area (Å²) in [4.78, 5) is 25.3. The molecule has 5 rings (SSSR count). The number of carbonyl (C=O) groups excluding carboxylic acids is 1. The van der Waals surface area contributed by atoms with E-state index in [1.807, 2.05) is 0 Å². The fraction of sp³-hybridized carbons (Fsp3) is 0.0476. The van der Waals surface area contributed by atoms with Gasteiger partial charge in [-0.05, 0) is 12.1 Å². The SMILES string of the molecule is Nc1c(Cl)c(O)c(Cl)c2c1C1(OC(=O)c3cccc(C(=O)O)c31)c1c(Cl)c(Cl)c(O)c(Cl)c1O2. The fourth-order valence-corrected chi connectivity index (χ4v) is 5.50. The number of halogens is 5. The predicted octanol–water partition coefficient (Wildman–Crippen LogP) is 6.21. The van der Waals surface area contributed by atoms with Crippen LogP contribution in [0.15, 0.2) is 18.2 Å². The minimum atomic E-state index is -2.23. The van der Waals surface area contributed by atoms with Crippen molar-refractivity contribution in [3.05, 3.63) is 71.1 Å². The number of fused-ring (bicyclic) bond motifs is 6. The smallest absolute Gasteiger partial charge is 0.340 e. The lowest BCUT2D eigenvalue weighted by molar-refractivity contribution is 0.0221. The summed E-state index contributed by atoms with van der Waals surface area (Å²) in [5.41, 5.74) is 2.57. The number of hydrogen-bond acceptors (Lipinski definition) is 7. The van der Waals surface area contributed by atoms with E-state index in [-0.39, 0.29) is 50.0 Å². The molecule has 8 nitrogen and oxygen atoms in total. The Morgan fingerprint density at radius 2 is 1.44 bits per heavy atom. The minimum absolute atomic E-state index is 0.130. The second-order valence-electron chi connectivity index (χ2n) is 7.30. The van der Waals surface area contributed by atoms with E-state index in [9.17, 15) is 24.9 Å². The van der Waals surface area contributed by atoms with Crippen LogP contribution in [0.25, 0.3) is 0 Å². The molecule has 3 aromatic rings. The van der Waals surface area contributed by atoms with Gasteiger partial charge in [0.25, 0.3) is 0 Å². The van der Waals surface area contributed by atoms with Crippen molar-refractivity contribution in [2.75, 3.05) is 5.73 Å². The molecule has 5 N–H and O–H groups in total. The van der Waals surface area contributed by atoms with Gasteiger partial charge in [-0.2, -0.15) is 0 Å². The third-order valence-corrected chi connectivity index (χ3v) is 7.55. The summed E-state index contributed by atoms with van der Waals surface area (Å²) >= 11 is 31.5. The number of hydrogen-bond donors (Lipinski definition) is 4. The lowest BCUT2D eigenvalue weighted by Gasteiger charge is -2.39. The predicted molar refractivity (Wildman–Crippen MR) is 124 cm³/mol. The molecule has 1 atom stereocenters. The summed E-state index contributed by atoms with van der Waals surface area (Å²) in [5.74, 6) is -4.38. The lowest BCUT2D eigenvalue weighted by atomic mass is 9.75. The molecule has 2 heterocycles.